The van der Waals surface area contributed by atoms with Crippen molar-refractivity contribution in [1.82, 2.24) is 10.2 Å². The van der Waals surface area contributed by atoms with Gasteiger partial charge in [0.1, 0.15) is 5.01 Å². The van der Waals surface area contributed by atoms with Crippen molar-refractivity contribution in [2.75, 3.05) is 5.32 Å². The van der Waals surface area contributed by atoms with Crippen molar-refractivity contribution >= 4 is 22.4 Å². The van der Waals surface area contributed by atoms with Crippen LogP contribution >= 0.6 is 11.3 Å². The van der Waals surface area contributed by atoms with Crippen molar-refractivity contribution in [2.45, 2.75) is 51.0 Å². The number of aliphatic hydroxyl groups is 1. The number of carbonyl (C=O) groups excluding carboxylic acids is 1. The summed E-state index contributed by atoms with van der Waals surface area (Å²) in [7, 11) is 0. The second-order valence-corrected chi connectivity index (χ2v) is 7.97. The molecule has 1 aliphatic rings. The smallest absolute Gasteiger partial charge is 0.226 e. The molecule has 0 aliphatic heterocycles. The molecule has 2 unspecified atom stereocenters. The van der Waals surface area contributed by atoms with Gasteiger partial charge in [0.05, 0.1) is 6.10 Å². The van der Waals surface area contributed by atoms with E-state index in [-0.39, 0.29) is 23.3 Å². The van der Waals surface area contributed by atoms with Crippen molar-refractivity contribution in [3.8, 4) is 0 Å². The first-order chi connectivity index (χ1) is 11.4. The molecule has 1 amide bonds. The fraction of sp³-hybridized carbons (Fsp3) is 0.500. The summed E-state index contributed by atoms with van der Waals surface area (Å²) in [6.07, 6.45) is 2.62. The van der Waals surface area contributed by atoms with Gasteiger partial charge in [-0.25, -0.2) is 0 Å². The maximum Gasteiger partial charge on any atom is 0.226 e. The van der Waals surface area contributed by atoms with E-state index in [1.54, 1.807) is 0 Å². The number of nitrogens with one attached hydrogen (secondary N) is 1. The van der Waals surface area contributed by atoms with Crippen LogP contribution in [0.5, 0.6) is 0 Å². The van der Waals surface area contributed by atoms with E-state index in [1.807, 2.05) is 18.2 Å². The molecule has 1 aliphatic carbocycles. The van der Waals surface area contributed by atoms with E-state index in [9.17, 15) is 9.90 Å². The van der Waals surface area contributed by atoms with Gasteiger partial charge in [0.2, 0.25) is 11.0 Å². The minimum atomic E-state index is -0.253. The second kappa shape index (κ2) is 6.99. The van der Waals surface area contributed by atoms with Crippen LogP contribution in [0.3, 0.4) is 0 Å². The highest BCUT2D eigenvalue weighted by Crippen LogP contribution is 2.35. The maximum atomic E-state index is 12.2. The number of nitrogens with zero attached hydrogens (tertiary/aromatic N) is 2. The lowest BCUT2D eigenvalue weighted by Gasteiger charge is -2.21. The van der Waals surface area contributed by atoms with E-state index >= 15 is 0 Å². The number of carbonyl (C=O) groups is 1. The van der Waals surface area contributed by atoms with Gasteiger partial charge in [0, 0.05) is 11.8 Å². The van der Waals surface area contributed by atoms with Crippen molar-refractivity contribution in [1.29, 1.82) is 0 Å². The number of anilines is 1. The zero-order chi connectivity index (χ0) is 17.2. The van der Waals surface area contributed by atoms with Crippen molar-refractivity contribution < 1.29 is 9.90 Å². The topological polar surface area (TPSA) is 75.1 Å². The molecule has 0 radical (unpaired) electrons. The molecule has 128 valence electrons. The molecule has 0 spiro atoms. The molecule has 2 N–H and O–H groups in total. The predicted molar refractivity (Wildman–Crippen MR) is 95.1 cm³/mol. The van der Waals surface area contributed by atoms with Crippen molar-refractivity contribution in [2.24, 2.45) is 5.92 Å². The molecule has 3 rings (SSSR count). The Balaban J connectivity index is 1.64. The number of hydrogen-bond donors (Lipinski definition) is 2. The van der Waals surface area contributed by atoms with Gasteiger partial charge < -0.3 is 10.4 Å². The Morgan fingerprint density at radius 2 is 2.04 bits per heavy atom. The summed E-state index contributed by atoms with van der Waals surface area (Å²) < 4.78 is 0. The average Bonchev–Trinajstić information content (AvgIpc) is 3.18. The van der Waals surface area contributed by atoms with Gasteiger partial charge in [-0.15, -0.1) is 10.2 Å². The number of benzene rings is 1. The van der Waals surface area contributed by atoms with E-state index in [1.165, 1.54) is 16.9 Å². The maximum absolute atomic E-state index is 12.2. The van der Waals surface area contributed by atoms with Gasteiger partial charge >= 0.3 is 0 Å². The van der Waals surface area contributed by atoms with Crippen LogP contribution in [0.2, 0.25) is 0 Å². The monoisotopic (exact) mass is 345 g/mol. The quantitative estimate of drug-likeness (QED) is 0.871. The molecule has 1 saturated carbocycles. The first kappa shape index (κ1) is 17.0. The van der Waals surface area contributed by atoms with Crippen LogP contribution in [0.25, 0.3) is 0 Å². The Morgan fingerprint density at radius 3 is 2.71 bits per heavy atom. The third-order valence-corrected chi connectivity index (χ3v) is 5.85. The highest BCUT2D eigenvalue weighted by molar-refractivity contribution is 7.15. The first-order valence-corrected chi connectivity index (χ1v) is 9.14. The van der Waals surface area contributed by atoms with Gasteiger partial charge in [0.25, 0.3) is 0 Å². The molecular formula is C18H23N3O2S. The lowest BCUT2D eigenvalue weighted by molar-refractivity contribution is -0.117. The summed E-state index contributed by atoms with van der Waals surface area (Å²) in [5, 5.41) is 22.2. The van der Waals surface area contributed by atoms with Crippen molar-refractivity contribution in [3.05, 3.63) is 40.9 Å². The van der Waals surface area contributed by atoms with Crippen molar-refractivity contribution in [3.63, 3.8) is 0 Å². The molecule has 0 saturated heterocycles. The second-order valence-electron chi connectivity index (χ2n) is 6.99. The average molecular weight is 345 g/mol. The minimum Gasteiger partial charge on any atom is -0.393 e. The van der Waals surface area contributed by atoms with Gasteiger partial charge in [-0.05, 0) is 44.6 Å². The normalized spacial score (nSPS) is 21.0. The van der Waals surface area contributed by atoms with Crippen LogP contribution in [-0.4, -0.2) is 27.3 Å². The summed E-state index contributed by atoms with van der Waals surface area (Å²) in [5.41, 5.74) is 0.913. The zero-order valence-electron chi connectivity index (χ0n) is 14.0. The standard InChI is InChI=1S/C18H23N3O2S/c1-18(2,13-6-4-3-5-7-13)16-20-21-17(24-16)19-15(23)11-12-8-9-14(22)10-12/h3-7,12,14,22H,8-11H2,1-2H3,(H,19,21,23). The lowest BCUT2D eigenvalue weighted by atomic mass is 9.85. The molecular weight excluding hydrogens is 322 g/mol. The molecule has 1 heterocycles. The van der Waals surface area contributed by atoms with Crippen LogP contribution in [-0.2, 0) is 10.2 Å². The first-order valence-electron chi connectivity index (χ1n) is 8.32. The Bertz CT molecular complexity index is 699. The number of amides is 1. The van der Waals surface area contributed by atoms with E-state index in [2.05, 4.69) is 41.5 Å². The third kappa shape index (κ3) is 3.82. The summed E-state index contributed by atoms with van der Waals surface area (Å²) in [6.45, 7) is 4.21. The molecule has 0 bridgehead atoms. The molecule has 6 heteroatoms. The lowest BCUT2D eigenvalue weighted by Crippen LogP contribution is -2.18. The van der Waals surface area contributed by atoms with Crippen LogP contribution in [0.1, 0.15) is 50.1 Å². The summed E-state index contributed by atoms with van der Waals surface area (Å²) in [6, 6.07) is 10.2. The van der Waals surface area contributed by atoms with Gasteiger partial charge in [-0.2, -0.15) is 0 Å². The summed E-state index contributed by atoms with van der Waals surface area (Å²) in [5.74, 6) is 0.225. The molecule has 2 aromatic rings. The Hall–Kier alpha value is -1.79. The van der Waals surface area contributed by atoms with Crippen LogP contribution in [0.15, 0.2) is 30.3 Å². The molecule has 24 heavy (non-hydrogen) atoms. The van der Waals surface area contributed by atoms with Crippen LogP contribution < -0.4 is 5.32 Å². The Labute approximate surface area is 146 Å². The van der Waals surface area contributed by atoms with Crippen LogP contribution in [0.4, 0.5) is 5.13 Å². The Kier molecular flexibility index (Phi) is 4.96. The molecule has 5 nitrogen and oxygen atoms in total. The third-order valence-electron chi connectivity index (χ3n) is 4.69. The highest BCUT2D eigenvalue weighted by atomic mass is 32.1. The molecule has 1 fully saturated rings. The summed E-state index contributed by atoms with van der Waals surface area (Å²) >= 11 is 1.42. The predicted octanol–water partition coefficient (Wildman–Crippen LogP) is 3.35. The molecule has 1 aromatic heterocycles. The summed E-state index contributed by atoms with van der Waals surface area (Å²) in [4.78, 5) is 12.2. The SMILES string of the molecule is CC(C)(c1ccccc1)c1nnc(NC(=O)CC2CCC(O)C2)s1. The minimum absolute atomic E-state index is 0.0469. The number of hydrogen-bond acceptors (Lipinski definition) is 5. The fourth-order valence-corrected chi connectivity index (χ4v) is 4.06. The van der Waals surface area contributed by atoms with E-state index in [0.29, 0.717) is 11.6 Å². The van der Waals surface area contributed by atoms with E-state index in [4.69, 9.17) is 0 Å². The van der Waals surface area contributed by atoms with E-state index in [0.717, 1.165) is 24.3 Å². The molecule has 1 aromatic carbocycles. The van der Waals surface area contributed by atoms with Gasteiger partial charge in [0.15, 0.2) is 0 Å². The highest BCUT2D eigenvalue weighted by Gasteiger charge is 2.28. The van der Waals surface area contributed by atoms with Gasteiger partial charge in [-0.1, -0.05) is 41.7 Å². The van der Waals surface area contributed by atoms with Gasteiger partial charge in [-0.3, -0.25) is 4.79 Å². The number of aromatic nitrogens is 2. The van der Waals surface area contributed by atoms with E-state index < -0.39 is 0 Å². The number of rotatable bonds is 5. The zero-order valence-corrected chi connectivity index (χ0v) is 14.8. The largest absolute Gasteiger partial charge is 0.393 e. The Morgan fingerprint density at radius 1 is 1.29 bits per heavy atom. The number of aliphatic hydroxyl groups excluding tert-OH is 1. The fourth-order valence-electron chi connectivity index (χ4n) is 3.17. The molecule has 2 atom stereocenters. The van der Waals surface area contributed by atoms with Crippen LogP contribution in [0, 0.1) is 5.92 Å².